The van der Waals surface area contributed by atoms with Crippen molar-refractivity contribution in [2.24, 2.45) is 34.5 Å². The van der Waals surface area contributed by atoms with E-state index in [2.05, 4.69) is 13.8 Å². The Morgan fingerprint density at radius 2 is 1.57 bits per heavy atom. The summed E-state index contributed by atoms with van der Waals surface area (Å²) in [5, 5.41) is 0. The fourth-order valence-corrected chi connectivity index (χ4v) is 7.64. The number of fused-ring (bicyclic) bond motifs is 5. The second kappa shape index (κ2) is 5.46. The Kier molecular flexibility index (Phi) is 3.89. The largest absolute Gasteiger partial charge is 0.353 e. The van der Waals surface area contributed by atoms with Gasteiger partial charge in [-0.1, -0.05) is 20.3 Å². The van der Waals surface area contributed by atoms with E-state index in [4.69, 9.17) is 9.47 Å². The Bertz CT molecular complexity index is 457. The number of methoxy groups -OCH3 is 2. The van der Waals surface area contributed by atoms with Crippen molar-refractivity contribution in [1.82, 2.24) is 0 Å². The molecular formula is C21H36O2. The smallest absolute Gasteiger partial charge is 0.167 e. The van der Waals surface area contributed by atoms with Crippen molar-refractivity contribution in [2.45, 2.75) is 83.8 Å². The second-order valence-electron chi connectivity index (χ2n) is 9.76. The molecule has 0 amide bonds. The van der Waals surface area contributed by atoms with Crippen molar-refractivity contribution in [1.29, 1.82) is 0 Å². The van der Waals surface area contributed by atoms with Gasteiger partial charge in [0.05, 0.1) is 0 Å². The van der Waals surface area contributed by atoms with Crippen molar-refractivity contribution in [2.75, 3.05) is 14.2 Å². The van der Waals surface area contributed by atoms with E-state index in [-0.39, 0.29) is 5.79 Å². The molecule has 4 aliphatic rings. The van der Waals surface area contributed by atoms with E-state index >= 15 is 0 Å². The van der Waals surface area contributed by atoms with Crippen molar-refractivity contribution >= 4 is 0 Å². The highest BCUT2D eigenvalue weighted by Gasteiger charge is 2.59. The van der Waals surface area contributed by atoms with Crippen LogP contribution < -0.4 is 0 Å². The first-order chi connectivity index (χ1) is 11.0. The molecule has 23 heavy (non-hydrogen) atoms. The molecule has 0 bridgehead atoms. The van der Waals surface area contributed by atoms with Crippen LogP contribution in [-0.4, -0.2) is 20.0 Å². The van der Waals surface area contributed by atoms with E-state index in [1.807, 2.05) is 14.2 Å². The van der Waals surface area contributed by atoms with Crippen LogP contribution in [0.15, 0.2) is 0 Å². The Morgan fingerprint density at radius 1 is 0.783 bits per heavy atom. The number of rotatable bonds is 2. The SMILES string of the molecule is COC1(OC)CCC2(C)C3CCC4(C)CCCC4C3CC[C@H]2C1. The van der Waals surface area contributed by atoms with E-state index in [1.165, 1.54) is 51.4 Å². The molecular weight excluding hydrogens is 284 g/mol. The molecule has 0 aromatic rings. The van der Waals surface area contributed by atoms with Gasteiger partial charge in [-0.05, 0) is 79.4 Å². The molecule has 4 aliphatic carbocycles. The van der Waals surface area contributed by atoms with Gasteiger partial charge in [0.15, 0.2) is 5.79 Å². The van der Waals surface area contributed by atoms with Crippen molar-refractivity contribution in [3.05, 3.63) is 0 Å². The monoisotopic (exact) mass is 320 g/mol. The van der Waals surface area contributed by atoms with Crippen LogP contribution in [0.3, 0.4) is 0 Å². The molecule has 6 atom stereocenters. The van der Waals surface area contributed by atoms with E-state index in [0.717, 1.165) is 36.5 Å². The molecule has 0 saturated heterocycles. The Morgan fingerprint density at radius 3 is 2.30 bits per heavy atom. The van der Waals surface area contributed by atoms with Gasteiger partial charge in [0.2, 0.25) is 0 Å². The zero-order valence-corrected chi connectivity index (χ0v) is 15.7. The zero-order valence-electron chi connectivity index (χ0n) is 15.7. The fraction of sp³-hybridized carbons (Fsp3) is 1.00. The molecule has 4 saturated carbocycles. The predicted molar refractivity (Wildman–Crippen MR) is 93.1 cm³/mol. The minimum Gasteiger partial charge on any atom is -0.353 e. The molecule has 0 spiro atoms. The molecule has 0 aliphatic heterocycles. The predicted octanol–water partition coefficient (Wildman–Crippen LogP) is 5.41. The van der Waals surface area contributed by atoms with Gasteiger partial charge in [-0.2, -0.15) is 0 Å². The summed E-state index contributed by atoms with van der Waals surface area (Å²) in [5.41, 5.74) is 1.22. The molecule has 5 unspecified atom stereocenters. The summed E-state index contributed by atoms with van der Waals surface area (Å²) in [6, 6.07) is 0. The molecule has 0 aromatic carbocycles. The normalized spacial score (nSPS) is 51.7. The topological polar surface area (TPSA) is 18.5 Å². The fourth-order valence-electron chi connectivity index (χ4n) is 7.64. The van der Waals surface area contributed by atoms with Gasteiger partial charge in [0.1, 0.15) is 0 Å². The standard InChI is InChI=1S/C21H36O2/c1-19-10-5-6-17(19)16-8-7-15-14-21(22-3,23-4)13-12-20(15,2)18(16)9-11-19/h15-18H,5-14H2,1-4H3/t15-,16?,17?,18?,19?,20?/m0/s1. The lowest BCUT2D eigenvalue weighted by Crippen LogP contribution is -2.56. The minimum absolute atomic E-state index is 0.298. The maximum atomic E-state index is 5.82. The molecule has 2 heteroatoms. The van der Waals surface area contributed by atoms with Crippen LogP contribution in [0.1, 0.15) is 78.1 Å². The lowest BCUT2D eigenvalue weighted by atomic mass is 9.45. The highest BCUT2D eigenvalue weighted by Crippen LogP contribution is 2.67. The maximum absolute atomic E-state index is 5.82. The summed E-state index contributed by atoms with van der Waals surface area (Å²) in [6.45, 7) is 5.23. The maximum Gasteiger partial charge on any atom is 0.167 e. The van der Waals surface area contributed by atoms with Crippen LogP contribution >= 0.6 is 0 Å². The van der Waals surface area contributed by atoms with Gasteiger partial charge in [-0.3, -0.25) is 0 Å². The molecule has 0 N–H and O–H groups in total. The summed E-state index contributed by atoms with van der Waals surface area (Å²) < 4.78 is 11.6. The third-order valence-electron chi connectivity index (χ3n) is 9.19. The molecule has 0 aromatic heterocycles. The van der Waals surface area contributed by atoms with Crippen LogP contribution in [0.5, 0.6) is 0 Å². The van der Waals surface area contributed by atoms with E-state index in [1.54, 1.807) is 0 Å². The Balaban J connectivity index is 1.59. The van der Waals surface area contributed by atoms with Crippen LogP contribution in [0, 0.1) is 34.5 Å². The van der Waals surface area contributed by atoms with Gasteiger partial charge in [-0.15, -0.1) is 0 Å². The number of hydrogen-bond donors (Lipinski definition) is 0. The Hall–Kier alpha value is -0.0800. The summed E-state index contributed by atoms with van der Waals surface area (Å²) >= 11 is 0. The van der Waals surface area contributed by atoms with E-state index in [0.29, 0.717) is 10.8 Å². The quantitative estimate of drug-likeness (QED) is 0.633. The molecule has 4 rings (SSSR count). The van der Waals surface area contributed by atoms with Gasteiger partial charge < -0.3 is 9.47 Å². The van der Waals surface area contributed by atoms with Crippen LogP contribution in [0.25, 0.3) is 0 Å². The van der Waals surface area contributed by atoms with Gasteiger partial charge in [-0.25, -0.2) is 0 Å². The van der Waals surface area contributed by atoms with Crippen molar-refractivity contribution < 1.29 is 9.47 Å². The van der Waals surface area contributed by atoms with Gasteiger partial charge >= 0.3 is 0 Å². The first kappa shape index (κ1) is 16.4. The lowest BCUT2D eigenvalue weighted by Gasteiger charge is -2.61. The van der Waals surface area contributed by atoms with Crippen molar-refractivity contribution in [3.63, 3.8) is 0 Å². The molecule has 0 radical (unpaired) electrons. The highest BCUT2D eigenvalue weighted by atomic mass is 16.7. The first-order valence-electron chi connectivity index (χ1n) is 10.1. The van der Waals surface area contributed by atoms with E-state index < -0.39 is 0 Å². The number of hydrogen-bond acceptors (Lipinski definition) is 2. The van der Waals surface area contributed by atoms with Crippen LogP contribution in [0.2, 0.25) is 0 Å². The summed E-state index contributed by atoms with van der Waals surface area (Å²) in [5.74, 6) is 3.49. The van der Waals surface area contributed by atoms with Gasteiger partial charge in [0, 0.05) is 27.1 Å². The lowest BCUT2D eigenvalue weighted by molar-refractivity contribution is -0.261. The third kappa shape index (κ3) is 2.27. The highest BCUT2D eigenvalue weighted by molar-refractivity contribution is 5.08. The average Bonchev–Trinajstić information content (AvgIpc) is 2.96. The number of ether oxygens (including phenoxy) is 2. The minimum atomic E-state index is -0.298. The molecule has 132 valence electrons. The molecule has 4 fully saturated rings. The van der Waals surface area contributed by atoms with Crippen molar-refractivity contribution in [3.8, 4) is 0 Å². The molecule has 0 heterocycles. The summed E-state index contributed by atoms with van der Waals surface area (Å²) in [7, 11) is 3.67. The third-order valence-corrected chi connectivity index (χ3v) is 9.19. The Labute approximate surface area is 142 Å². The van der Waals surface area contributed by atoms with Gasteiger partial charge in [0.25, 0.3) is 0 Å². The average molecular weight is 321 g/mol. The molecule has 2 nitrogen and oxygen atoms in total. The zero-order chi connectivity index (χ0) is 16.3. The summed E-state index contributed by atoms with van der Waals surface area (Å²) in [6.07, 6.45) is 13.8. The summed E-state index contributed by atoms with van der Waals surface area (Å²) in [4.78, 5) is 0. The second-order valence-corrected chi connectivity index (χ2v) is 9.76. The van der Waals surface area contributed by atoms with E-state index in [9.17, 15) is 0 Å². The van der Waals surface area contributed by atoms with Crippen LogP contribution in [0.4, 0.5) is 0 Å². The van der Waals surface area contributed by atoms with Crippen LogP contribution in [-0.2, 0) is 9.47 Å². The first-order valence-corrected chi connectivity index (χ1v) is 10.1.